The third-order valence-corrected chi connectivity index (χ3v) is 9.08. The number of sulfone groups is 1. The van der Waals surface area contributed by atoms with Crippen LogP contribution in [0.2, 0.25) is 0 Å². The first-order chi connectivity index (χ1) is 15.1. The van der Waals surface area contributed by atoms with Gasteiger partial charge in [0.15, 0.2) is 15.0 Å². The maximum absolute atomic E-state index is 12.7. The zero-order valence-electron chi connectivity index (χ0n) is 17.1. The summed E-state index contributed by atoms with van der Waals surface area (Å²) >= 11 is 1.27. The van der Waals surface area contributed by atoms with Crippen LogP contribution < -0.4 is 10.0 Å². The third-order valence-electron chi connectivity index (χ3n) is 5.03. The Labute approximate surface area is 190 Å². The summed E-state index contributed by atoms with van der Waals surface area (Å²) in [4.78, 5) is 17.0. The molecule has 1 aliphatic heterocycles. The maximum atomic E-state index is 12.7. The van der Waals surface area contributed by atoms with E-state index in [0.717, 1.165) is 16.8 Å². The number of hydrogen-bond donors (Lipinski definition) is 2. The van der Waals surface area contributed by atoms with Gasteiger partial charge in [0.1, 0.15) is 0 Å². The smallest absolute Gasteiger partial charge is 0.257 e. The van der Waals surface area contributed by atoms with Crippen LogP contribution in [0.1, 0.15) is 22.3 Å². The Morgan fingerprint density at radius 3 is 2.59 bits per heavy atom. The number of carbonyl (C=O) groups excluding carboxylic acids is 1. The van der Waals surface area contributed by atoms with Crippen LogP contribution >= 0.6 is 11.3 Å². The van der Waals surface area contributed by atoms with Gasteiger partial charge < -0.3 is 0 Å². The zero-order chi connectivity index (χ0) is 22.9. The minimum Gasteiger partial charge on any atom is -0.298 e. The second-order valence-electron chi connectivity index (χ2n) is 7.61. The second kappa shape index (κ2) is 8.74. The van der Waals surface area contributed by atoms with E-state index in [1.807, 2.05) is 36.6 Å². The van der Waals surface area contributed by atoms with Crippen molar-refractivity contribution in [1.29, 1.82) is 0 Å². The number of carbonyl (C=O) groups is 1. The molecule has 2 heterocycles. The van der Waals surface area contributed by atoms with E-state index in [-0.39, 0.29) is 28.4 Å². The van der Waals surface area contributed by atoms with E-state index >= 15 is 0 Å². The molecule has 3 aromatic rings. The molecule has 0 saturated carbocycles. The molecule has 0 radical (unpaired) electrons. The molecule has 0 spiro atoms. The first-order valence-corrected chi connectivity index (χ1v) is 14.0. The monoisotopic (exact) mass is 491 g/mol. The number of benzene rings is 2. The van der Waals surface area contributed by atoms with E-state index in [4.69, 9.17) is 0 Å². The van der Waals surface area contributed by atoms with Crippen molar-refractivity contribution in [2.75, 3.05) is 16.8 Å². The van der Waals surface area contributed by atoms with E-state index in [9.17, 15) is 21.6 Å². The molecule has 1 aliphatic rings. The molecule has 0 unspecified atom stereocenters. The molecule has 1 amide bonds. The molecule has 32 heavy (non-hydrogen) atoms. The normalized spacial score (nSPS) is 17.8. The van der Waals surface area contributed by atoms with Gasteiger partial charge in [0, 0.05) is 22.5 Å². The summed E-state index contributed by atoms with van der Waals surface area (Å²) in [6.07, 6.45) is 0.231. The van der Waals surface area contributed by atoms with Gasteiger partial charge in [-0.05, 0) is 31.5 Å². The number of sulfonamides is 1. The second-order valence-corrected chi connectivity index (χ2v) is 12.4. The highest BCUT2D eigenvalue weighted by atomic mass is 32.2. The summed E-state index contributed by atoms with van der Waals surface area (Å²) in [5, 5.41) is 4.93. The largest absolute Gasteiger partial charge is 0.298 e. The minimum atomic E-state index is -3.97. The Kier molecular flexibility index (Phi) is 6.17. The van der Waals surface area contributed by atoms with Crippen LogP contribution in [0.15, 0.2) is 58.8 Å². The number of amides is 1. The van der Waals surface area contributed by atoms with Gasteiger partial charge in [-0.1, -0.05) is 35.9 Å². The molecule has 2 aromatic carbocycles. The Hall–Kier alpha value is -2.60. The van der Waals surface area contributed by atoms with Gasteiger partial charge in [-0.25, -0.2) is 26.5 Å². The van der Waals surface area contributed by atoms with E-state index in [0.29, 0.717) is 5.13 Å². The Morgan fingerprint density at radius 1 is 1.16 bits per heavy atom. The molecule has 1 fully saturated rings. The Morgan fingerprint density at radius 2 is 1.91 bits per heavy atom. The van der Waals surface area contributed by atoms with E-state index in [1.165, 1.54) is 35.6 Å². The summed E-state index contributed by atoms with van der Waals surface area (Å²) < 4.78 is 50.9. The minimum absolute atomic E-state index is 0.0407. The fourth-order valence-electron chi connectivity index (χ4n) is 3.34. The van der Waals surface area contributed by atoms with Crippen molar-refractivity contribution in [2.45, 2.75) is 24.3 Å². The molecule has 1 aromatic heterocycles. The van der Waals surface area contributed by atoms with Gasteiger partial charge in [0.25, 0.3) is 5.91 Å². The van der Waals surface area contributed by atoms with Crippen LogP contribution in [0.3, 0.4) is 0 Å². The van der Waals surface area contributed by atoms with Crippen LogP contribution in [-0.4, -0.2) is 45.3 Å². The lowest BCUT2D eigenvalue weighted by Gasteiger charge is -2.12. The highest BCUT2D eigenvalue weighted by molar-refractivity contribution is 7.92. The summed E-state index contributed by atoms with van der Waals surface area (Å²) in [6.45, 7) is 2.00. The molecule has 0 bridgehead atoms. The van der Waals surface area contributed by atoms with E-state index < -0.39 is 31.8 Å². The first-order valence-electron chi connectivity index (χ1n) is 9.78. The molecule has 0 aliphatic carbocycles. The molecule has 1 atom stereocenters. The maximum Gasteiger partial charge on any atom is 0.257 e. The third kappa shape index (κ3) is 5.23. The topological polar surface area (TPSA) is 122 Å². The number of aromatic nitrogens is 1. The zero-order valence-corrected chi connectivity index (χ0v) is 19.6. The van der Waals surface area contributed by atoms with Crippen molar-refractivity contribution >= 4 is 42.2 Å². The summed E-state index contributed by atoms with van der Waals surface area (Å²) in [6, 6.07) is 12.8. The number of nitrogens with one attached hydrogen (secondary N) is 2. The molecule has 4 rings (SSSR count). The standard InChI is InChI=1S/C21H21N3O5S3/c1-14-5-7-15(8-6-14)19-12-30-21(22-19)23-20(25)16-3-2-4-18(11-16)32(28,29)24-17-9-10-31(26,27)13-17/h2-8,11-12,17,24H,9-10,13H2,1H3,(H,22,23,25)/t17-/m0/s1. The molecule has 8 nitrogen and oxygen atoms in total. The predicted octanol–water partition coefficient (Wildman–Crippen LogP) is 2.84. The molecule has 1 saturated heterocycles. The molecule has 2 N–H and O–H groups in total. The Balaban J connectivity index is 1.47. The molecular formula is C21H21N3O5S3. The Bertz CT molecular complexity index is 1360. The van der Waals surface area contributed by atoms with Gasteiger partial charge in [-0.2, -0.15) is 0 Å². The molecular weight excluding hydrogens is 470 g/mol. The van der Waals surface area contributed by atoms with Crippen LogP contribution in [0, 0.1) is 6.92 Å². The van der Waals surface area contributed by atoms with Crippen molar-refractivity contribution < 1.29 is 21.6 Å². The van der Waals surface area contributed by atoms with Crippen molar-refractivity contribution in [3.63, 3.8) is 0 Å². The van der Waals surface area contributed by atoms with Crippen LogP contribution in [0.4, 0.5) is 5.13 Å². The van der Waals surface area contributed by atoms with Gasteiger partial charge in [0.2, 0.25) is 10.0 Å². The average molecular weight is 492 g/mol. The highest BCUT2D eigenvalue weighted by Crippen LogP contribution is 2.26. The quantitative estimate of drug-likeness (QED) is 0.547. The average Bonchev–Trinajstić information content (AvgIpc) is 3.34. The van der Waals surface area contributed by atoms with Crippen molar-refractivity contribution in [3.05, 3.63) is 65.0 Å². The number of nitrogens with zero attached hydrogens (tertiary/aromatic N) is 1. The van der Waals surface area contributed by atoms with Gasteiger partial charge in [-0.3, -0.25) is 10.1 Å². The van der Waals surface area contributed by atoms with Crippen molar-refractivity contribution in [1.82, 2.24) is 9.71 Å². The summed E-state index contributed by atoms with van der Waals surface area (Å²) in [5.41, 5.74) is 2.95. The summed E-state index contributed by atoms with van der Waals surface area (Å²) in [7, 11) is -7.19. The van der Waals surface area contributed by atoms with Crippen LogP contribution in [0.25, 0.3) is 11.3 Å². The number of thiazole rings is 1. The lowest BCUT2D eigenvalue weighted by atomic mass is 10.1. The van der Waals surface area contributed by atoms with Gasteiger partial charge in [0.05, 0.1) is 22.1 Å². The number of anilines is 1. The van der Waals surface area contributed by atoms with Crippen LogP contribution in [-0.2, 0) is 19.9 Å². The molecule has 11 heteroatoms. The molecule has 168 valence electrons. The van der Waals surface area contributed by atoms with Gasteiger partial charge in [-0.15, -0.1) is 11.3 Å². The van der Waals surface area contributed by atoms with Crippen molar-refractivity contribution in [2.24, 2.45) is 0 Å². The number of aryl methyl sites for hydroxylation is 1. The lowest BCUT2D eigenvalue weighted by Crippen LogP contribution is -2.35. The summed E-state index contributed by atoms with van der Waals surface area (Å²) in [5.74, 6) is -0.754. The predicted molar refractivity (Wildman–Crippen MR) is 124 cm³/mol. The number of rotatable bonds is 6. The first kappa shape index (κ1) is 22.6. The highest BCUT2D eigenvalue weighted by Gasteiger charge is 2.31. The van der Waals surface area contributed by atoms with E-state index in [2.05, 4.69) is 15.0 Å². The lowest BCUT2D eigenvalue weighted by molar-refractivity contribution is 0.102. The number of hydrogen-bond acceptors (Lipinski definition) is 7. The van der Waals surface area contributed by atoms with Gasteiger partial charge >= 0.3 is 0 Å². The van der Waals surface area contributed by atoms with E-state index in [1.54, 1.807) is 0 Å². The van der Waals surface area contributed by atoms with Crippen LogP contribution in [0.5, 0.6) is 0 Å². The van der Waals surface area contributed by atoms with Crippen molar-refractivity contribution in [3.8, 4) is 11.3 Å². The fraction of sp³-hybridized carbons (Fsp3) is 0.238. The fourth-order valence-corrected chi connectivity index (χ4v) is 7.15. The SMILES string of the molecule is Cc1ccc(-c2csc(NC(=O)c3cccc(S(=O)(=O)N[C@H]4CCS(=O)(=O)C4)c3)n2)cc1.